The molecule has 156 valence electrons. The minimum Gasteiger partial charge on any atom is -0.372 e. The van der Waals surface area contributed by atoms with Crippen LogP contribution in [0.25, 0.3) is 11.3 Å². The molecular formula is C23H26N4OS2. The SMILES string of the molecule is CCc1ccc(-c2csc(NC(=S)NC(=O)c3ccc(N(CC)CC)cc3)n2)cc1. The summed E-state index contributed by atoms with van der Waals surface area (Å²) >= 11 is 6.74. The van der Waals surface area contributed by atoms with Crippen molar-refractivity contribution in [1.29, 1.82) is 0 Å². The van der Waals surface area contributed by atoms with E-state index < -0.39 is 0 Å². The highest BCUT2D eigenvalue weighted by atomic mass is 32.1. The standard InChI is InChI=1S/C23H26N4OS2/c1-4-16-7-9-17(10-8-16)20-15-30-23(24-20)26-22(29)25-21(28)18-11-13-19(14-12-18)27(5-2)6-3/h7-15H,4-6H2,1-3H3,(H2,24,25,26,28,29). The maximum absolute atomic E-state index is 12.5. The Balaban J connectivity index is 1.59. The van der Waals surface area contributed by atoms with Crippen LogP contribution in [0.2, 0.25) is 0 Å². The smallest absolute Gasteiger partial charge is 0.257 e. The molecule has 0 radical (unpaired) electrons. The number of anilines is 2. The number of aromatic nitrogens is 1. The lowest BCUT2D eigenvalue weighted by atomic mass is 10.1. The predicted molar refractivity (Wildman–Crippen MR) is 131 cm³/mol. The molecule has 2 N–H and O–H groups in total. The molecule has 0 spiro atoms. The van der Waals surface area contributed by atoms with E-state index in [4.69, 9.17) is 12.2 Å². The quantitative estimate of drug-likeness (QED) is 0.487. The number of thiocarbonyl (C=S) groups is 1. The molecule has 0 atom stereocenters. The highest BCUT2D eigenvalue weighted by Crippen LogP contribution is 2.25. The zero-order valence-electron chi connectivity index (χ0n) is 17.4. The summed E-state index contributed by atoms with van der Waals surface area (Å²) in [4.78, 5) is 19.3. The molecule has 0 unspecified atom stereocenters. The normalized spacial score (nSPS) is 10.5. The third-order valence-electron chi connectivity index (χ3n) is 4.87. The summed E-state index contributed by atoms with van der Waals surface area (Å²) < 4.78 is 0. The van der Waals surface area contributed by atoms with E-state index >= 15 is 0 Å². The summed E-state index contributed by atoms with van der Waals surface area (Å²) in [6.07, 6.45) is 1.01. The van der Waals surface area contributed by atoms with Gasteiger partial charge in [-0.25, -0.2) is 4.98 Å². The second kappa shape index (κ2) is 10.3. The Morgan fingerprint density at radius 2 is 1.70 bits per heavy atom. The molecule has 0 bridgehead atoms. The Hall–Kier alpha value is -2.77. The lowest BCUT2D eigenvalue weighted by Gasteiger charge is -2.21. The summed E-state index contributed by atoms with van der Waals surface area (Å²) in [7, 11) is 0. The number of thiazole rings is 1. The van der Waals surface area contributed by atoms with E-state index in [1.807, 2.05) is 29.6 Å². The average molecular weight is 439 g/mol. The van der Waals surface area contributed by atoms with Crippen molar-refractivity contribution >= 4 is 45.4 Å². The van der Waals surface area contributed by atoms with Crippen LogP contribution < -0.4 is 15.5 Å². The van der Waals surface area contributed by atoms with Gasteiger partial charge in [-0.3, -0.25) is 10.1 Å². The Kier molecular flexibility index (Phi) is 7.54. The van der Waals surface area contributed by atoms with Crippen molar-refractivity contribution < 1.29 is 4.79 Å². The van der Waals surface area contributed by atoms with Gasteiger partial charge in [0, 0.05) is 35.3 Å². The van der Waals surface area contributed by atoms with Gasteiger partial charge in [-0.15, -0.1) is 11.3 Å². The van der Waals surface area contributed by atoms with E-state index in [1.54, 1.807) is 0 Å². The molecule has 1 aromatic heterocycles. The highest BCUT2D eigenvalue weighted by Gasteiger charge is 2.11. The Labute approximate surface area is 187 Å². The minimum absolute atomic E-state index is 0.232. The molecule has 0 saturated carbocycles. The van der Waals surface area contributed by atoms with Gasteiger partial charge in [0.1, 0.15) is 0 Å². The monoisotopic (exact) mass is 438 g/mol. The molecular weight excluding hydrogens is 412 g/mol. The molecule has 3 rings (SSSR count). The van der Waals surface area contributed by atoms with E-state index in [1.165, 1.54) is 16.9 Å². The van der Waals surface area contributed by atoms with Crippen LogP contribution in [0.15, 0.2) is 53.9 Å². The molecule has 0 aliphatic carbocycles. The van der Waals surface area contributed by atoms with Gasteiger partial charge < -0.3 is 10.2 Å². The number of carbonyl (C=O) groups is 1. The fraction of sp³-hybridized carbons (Fsp3) is 0.261. The largest absolute Gasteiger partial charge is 0.372 e. The van der Waals surface area contributed by atoms with Gasteiger partial charge in [0.05, 0.1) is 5.69 Å². The Morgan fingerprint density at radius 3 is 2.30 bits per heavy atom. The van der Waals surface area contributed by atoms with Crippen LogP contribution in [0.3, 0.4) is 0 Å². The maximum Gasteiger partial charge on any atom is 0.257 e. The number of rotatable bonds is 7. The number of carbonyl (C=O) groups excluding carboxylic acids is 1. The van der Waals surface area contributed by atoms with Crippen LogP contribution in [-0.2, 0) is 6.42 Å². The number of hydrogen-bond donors (Lipinski definition) is 2. The summed E-state index contributed by atoms with van der Waals surface area (Å²) in [6, 6.07) is 15.9. The summed E-state index contributed by atoms with van der Waals surface area (Å²) in [5, 5.41) is 8.57. The molecule has 2 aromatic carbocycles. The van der Waals surface area contributed by atoms with Crippen molar-refractivity contribution in [3.63, 3.8) is 0 Å². The second-order valence-corrected chi connectivity index (χ2v) is 7.98. The van der Waals surface area contributed by atoms with Gasteiger partial charge in [0.15, 0.2) is 10.2 Å². The van der Waals surface area contributed by atoms with Crippen LogP contribution in [0.4, 0.5) is 10.8 Å². The topological polar surface area (TPSA) is 57.3 Å². The fourth-order valence-corrected chi connectivity index (χ4v) is 4.07. The lowest BCUT2D eigenvalue weighted by Crippen LogP contribution is -2.34. The van der Waals surface area contributed by atoms with Crippen molar-refractivity contribution in [3.8, 4) is 11.3 Å². The molecule has 1 heterocycles. The van der Waals surface area contributed by atoms with Gasteiger partial charge in [-0.1, -0.05) is 31.2 Å². The van der Waals surface area contributed by atoms with Crippen molar-refractivity contribution in [2.75, 3.05) is 23.3 Å². The number of hydrogen-bond acceptors (Lipinski definition) is 5. The Morgan fingerprint density at radius 1 is 1.03 bits per heavy atom. The molecule has 5 nitrogen and oxygen atoms in total. The van der Waals surface area contributed by atoms with Gasteiger partial charge in [0.25, 0.3) is 5.91 Å². The van der Waals surface area contributed by atoms with E-state index in [2.05, 4.69) is 65.6 Å². The molecule has 7 heteroatoms. The summed E-state index contributed by atoms with van der Waals surface area (Å²) in [6.45, 7) is 8.20. The number of aryl methyl sites for hydroxylation is 1. The van der Waals surface area contributed by atoms with E-state index in [0.717, 1.165) is 36.5 Å². The Bertz CT molecular complexity index is 993. The van der Waals surface area contributed by atoms with Crippen molar-refractivity contribution in [2.45, 2.75) is 27.2 Å². The molecule has 0 aliphatic rings. The summed E-state index contributed by atoms with van der Waals surface area (Å²) in [5.74, 6) is -0.245. The van der Waals surface area contributed by atoms with Gasteiger partial charge in [-0.05, 0) is 62.3 Å². The van der Waals surface area contributed by atoms with Crippen molar-refractivity contribution in [1.82, 2.24) is 10.3 Å². The number of nitrogens with one attached hydrogen (secondary N) is 2. The van der Waals surface area contributed by atoms with Crippen LogP contribution >= 0.6 is 23.6 Å². The maximum atomic E-state index is 12.5. The molecule has 0 aliphatic heterocycles. The van der Waals surface area contributed by atoms with Crippen LogP contribution in [0.1, 0.15) is 36.7 Å². The summed E-state index contributed by atoms with van der Waals surface area (Å²) in [5.41, 5.74) is 4.89. The minimum atomic E-state index is -0.245. The van der Waals surface area contributed by atoms with Gasteiger partial charge >= 0.3 is 0 Å². The first-order chi connectivity index (χ1) is 14.5. The number of nitrogens with zero attached hydrogens (tertiary/aromatic N) is 2. The zero-order valence-corrected chi connectivity index (χ0v) is 19.1. The van der Waals surface area contributed by atoms with E-state index in [0.29, 0.717) is 10.7 Å². The van der Waals surface area contributed by atoms with Crippen molar-refractivity contribution in [2.24, 2.45) is 0 Å². The fourth-order valence-electron chi connectivity index (χ4n) is 3.09. The van der Waals surface area contributed by atoms with Crippen LogP contribution in [0.5, 0.6) is 0 Å². The highest BCUT2D eigenvalue weighted by molar-refractivity contribution is 7.80. The molecule has 0 fully saturated rings. The first kappa shape index (κ1) is 21.9. The molecule has 30 heavy (non-hydrogen) atoms. The van der Waals surface area contributed by atoms with E-state index in [9.17, 15) is 4.79 Å². The van der Waals surface area contributed by atoms with Crippen molar-refractivity contribution in [3.05, 3.63) is 65.0 Å². The lowest BCUT2D eigenvalue weighted by molar-refractivity contribution is 0.0978. The van der Waals surface area contributed by atoms with E-state index in [-0.39, 0.29) is 11.0 Å². The van der Waals surface area contributed by atoms with Gasteiger partial charge in [0.2, 0.25) is 0 Å². The predicted octanol–water partition coefficient (Wildman–Crippen LogP) is 5.35. The van der Waals surface area contributed by atoms with Gasteiger partial charge in [-0.2, -0.15) is 0 Å². The average Bonchev–Trinajstić information content (AvgIpc) is 3.23. The second-order valence-electron chi connectivity index (χ2n) is 6.72. The third-order valence-corrected chi connectivity index (χ3v) is 5.83. The molecule has 1 amide bonds. The first-order valence-corrected chi connectivity index (χ1v) is 11.3. The first-order valence-electron chi connectivity index (χ1n) is 10.1. The number of benzene rings is 2. The molecule has 3 aromatic rings. The van der Waals surface area contributed by atoms with Crippen LogP contribution in [-0.4, -0.2) is 29.1 Å². The molecule has 0 saturated heterocycles. The number of amides is 1. The third kappa shape index (κ3) is 5.43. The van der Waals surface area contributed by atoms with Crippen LogP contribution in [0, 0.1) is 0 Å². The zero-order chi connectivity index (χ0) is 21.5.